The van der Waals surface area contributed by atoms with Gasteiger partial charge in [-0.05, 0) is 12.1 Å². The third-order valence-corrected chi connectivity index (χ3v) is 4.30. The van der Waals surface area contributed by atoms with Gasteiger partial charge in [0.25, 0.3) is 5.91 Å². The Labute approximate surface area is 177 Å². The molecule has 0 unspecified atom stereocenters. The van der Waals surface area contributed by atoms with Crippen LogP contribution in [-0.2, 0) is 17.8 Å². The van der Waals surface area contributed by atoms with E-state index in [-0.39, 0.29) is 37.3 Å². The molecule has 3 rings (SSSR count). The van der Waals surface area contributed by atoms with E-state index in [0.717, 1.165) is 44.2 Å². The number of nitrogens with two attached hydrogens (primary N) is 1. The lowest BCUT2D eigenvalue weighted by molar-refractivity contribution is 0.0322. The number of hydrogen-bond acceptors (Lipinski definition) is 6. The topological polar surface area (TPSA) is 90.0 Å². The van der Waals surface area contributed by atoms with Crippen molar-refractivity contribution in [3.63, 3.8) is 0 Å². The van der Waals surface area contributed by atoms with Crippen molar-refractivity contribution in [1.82, 2.24) is 10.2 Å². The van der Waals surface area contributed by atoms with Crippen molar-refractivity contribution in [2.24, 2.45) is 5.73 Å². The number of halogens is 2. The highest BCUT2D eigenvalue weighted by Gasteiger charge is 2.12. The van der Waals surface area contributed by atoms with E-state index in [9.17, 15) is 4.79 Å². The molecule has 0 radical (unpaired) electrons. The molecule has 1 aromatic heterocycles. The first kappa shape index (κ1) is 24.3. The molecular weight excluding hydrogens is 405 g/mol. The summed E-state index contributed by atoms with van der Waals surface area (Å²) in [6, 6.07) is 9.38. The zero-order chi connectivity index (χ0) is 18.2. The Balaban J connectivity index is 0.00000196. The number of carbonyl (C=O) groups is 1. The van der Waals surface area contributed by atoms with Crippen LogP contribution in [0.1, 0.15) is 21.7 Å². The van der Waals surface area contributed by atoms with Crippen LogP contribution in [0, 0.1) is 0 Å². The Kier molecular flexibility index (Phi) is 11.0. The monoisotopic (exact) mass is 431 g/mol. The maximum atomic E-state index is 12.2. The highest BCUT2D eigenvalue weighted by Crippen LogP contribution is 2.18. The third kappa shape index (κ3) is 7.00. The van der Waals surface area contributed by atoms with E-state index in [4.69, 9.17) is 19.6 Å². The average molecular weight is 432 g/mol. The Bertz CT molecular complexity index is 721. The van der Waals surface area contributed by atoms with E-state index in [2.05, 4.69) is 10.2 Å². The minimum absolute atomic E-state index is 0. The molecule has 1 aliphatic rings. The summed E-state index contributed by atoms with van der Waals surface area (Å²) in [5.41, 5.74) is 6.90. The van der Waals surface area contributed by atoms with Crippen LogP contribution in [-0.4, -0.2) is 50.3 Å². The molecule has 1 fully saturated rings. The fraction of sp³-hybridized carbons (Fsp3) is 0.421. The molecule has 0 aliphatic carbocycles. The minimum atomic E-state index is -0.198. The number of nitrogens with zero attached hydrogens (tertiary/aromatic N) is 1. The molecule has 7 nitrogen and oxygen atoms in total. The van der Waals surface area contributed by atoms with E-state index in [1.54, 1.807) is 6.07 Å². The molecule has 1 aliphatic heterocycles. The second kappa shape index (κ2) is 12.6. The lowest BCUT2D eigenvalue weighted by Gasteiger charge is -2.26. The van der Waals surface area contributed by atoms with Crippen LogP contribution in [0.5, 0.6) is 5.75 Å². The normalized spacial score (nSPS) is 13.9. The zero-order valence-corrected chi connectivity index (χ0v) is 17.2. The third-order valence-electron chi connectivity index (χ3n) is 4.30. The predicted molar refractivity (Wildman–Crippen MR) is 111 cm³/mol. The number of hydrogen-bond donors (Lipinski definition) is 2. The number of amides is 1. The number of nitrogens with one attached hydrogen (secondary N) is 1. The average Bonchev–Trinajstić information content (AvgIpc) is 3.17. The Morgan fingerprint density at radius 1 is 1.21 bits per heavy atom. The summed E-state index contributed by atoms with van der Waals surface area (Å²) < 4.78 is 16.5. The maximum absolute atomic E-state index is 12.2. The van der Waals surface area contributed by atoms with Crippen LogP contribution >= 0.6 is 24.8 Å². The fourth-order valence-corrected chi connectivity index (χ4v) is 2.78. The summed E-state index contributed by atoms with van der Waals surface area (Å²) in [6.07, 6.45) is 1.42. The van der Waals surface area contributed by atoms with E-state index >= 15 is 0 Å². The largest absolute Gasteiger partial charge is 0.492 e. The maximum Gasteiger partial charge on any atom is 0.254 e. The Morgan fingerprint density at radius 2 is 1.96 bits per heavy atom. The van der Waals surface area contributed by atoms with Gasteiger partial charge in [0.2, 0.25) is 0 Å². The molecule has 156 valence electrons. The van der Waals surface area contributed by atoms with Crippen LogP contribution in [0.15, 0.2) is 41.0 Å². The number of carbonyl (C=O) groups excluding carboxylic acids is 1. The van der Waals surface area contributed by atoms with E-state index in [1.165, 1.54) is 6.26 Å². The Morgan fingerprint density at radius 3 is 2.68 bits per heavy atom. The standard InChI is InChI=1S/C19H25N3O4.2ClH/c20-12-17-11-16(14-26-17)19(23)21-13-15-3-1-2-4-18(15)25-10-7-22-5-8-24-9-6-22;;/h1-4,11,14H,5-10,12-13,20H2,(H,21,23);2*1H. The first-order valence-electron chi connectivity index (χ1n) is 8.83. The van der Waals surface area contributed by atoms with Gasteiger partial charge in [-0.15, -0.1) is 24.8 Å². The molecule has 3 N–H and O–H groups in total. The molecule has 0 atom stereocenters. The predicted octanol–water partition coefficient (Wildman–Crippen LogP) is 2.22. The highest BCUT2D eigenvalue weighted by molar-refractivity contribution is 5.93. The van der Waals surface area contributed by atoms with Gasteiger partial charge in [0.15, 0.2) is 0 Å². The van der Waals surface area contributed by atoms with Crippen molar-refractivity contribution in [2.45, 2.75) is 13.1 Å². The van der Waals surface area contributed by atoms with E-state index < -0.39 is 0 Å². The number of morpholine rings is 1. The van der Waals surface area contributed by atoms with Gasteiger partial charge in [0, 0.05) is 31.7 Å². The summed E-state index contributed by atoms with van der Waals surface area (Å²) in [7, 11) is 0. The summed E-state index contributed by atoms with van der Waals surface area (Å²) in [5, 5.41) is 2.89. The van der Waals surface area contributed by atoms with Crippen molar-refractivity contribution < 1.29 is 18.7 Å². The molecule has 1 aromatic carbocycles. The van der Waals surface area contributed by atoms with Gasteiger partial charge in [-0.3, -0.25) is 9.69 Å². The van der Waals surface area contributed by atoms with E-state index in [0.29, 0.717) is 24.5 Å². The van der Waals surface area contributed by atoms with Gasteiger partial charge >= 0.3 is 0 Å². The minimum Gasteiger partial charge on any atom is -0.492 e. The van der Waals surface area contributed by atoms with Crippen molar-refractivity contribution >= 4 is 30.7 Å². The molecule has 9 heteroatoms. The first-order chi connectivity index (χ1) is 12.8. The first-order valence-corrected chi connectivity index (χ1v) is 8.83. The number of ether oxygens (including phenoxy) is 2. The smallest absolute Gasteiger partial charge is 0.254 e. The van der Waals surface area contributed by atoms with Crippen LogP contribution < -0.4 is 15.8 Å². The number of rotatable bonds is 8. The summed E-state index contributed by atoms with van der Waals surface area (Å²) in [4.78, 5) is 14.5. The van der Waals surface area contributed by atoms with Crippen LogP contribution in [0.2, 0.25) is 0 Å². The van der Waals surface area contributed by atoms with Crippen molar-refractivity contribution in [2.75, 3.05) is 39.5 Å². The van der Waals surface area contributed by atoms with Gasteiger partial charge in [0.1, 0.15) is 24.4 Å². The van der Waals surface area contributed by atoms with Gasteiger partial charge in [-0.2, -0.15) is 0 Å². The lowest BCUT2D eigenvalue weighted by Crippen LogP contribution is -2.38. The van der Waals surface area contributed by atoms with Crippen molar-refractivity contribution in [1.29, 1.82) is 0 Å². The second-order valence-electron chi connectivity index (χ2n) is 6.10. The summed E-state index contributed by atoms with van der Waals surface area (Å²) in [6.45, 7) is 5.56. The van der Waals surface area contributed by atoms with Crippen LogP contribution in [0.4, 0.5) is 0 Å². The molecule has 1 amide bonds. The fourth-order valence-electron chi connectivity index (χ4n) is 2.78. The summed E-state index contributed by atoms with van der Waals surface area (Å²) >= 11 is 0. The number of benzene rings is 1. The number of para-hydroxylation sites is 1. The lowest BCUT2D eigenvalue weighted by atomic mass is 10.2. The highest BCUT2D eigenvalue weighted by atomic mass is 35.5. The molecule has 2 heterocycles. The van der Waals surface area contributed by atoms with Crippen molar-refractivity contribution in [3.05, 3.63) is 53.5 Å². The zero-order valence-electron chi connectivity index (χ0n) is 15.6. The van der Waals surface area contributed by atoms with Gasteiger partial charge in [-0.25, -0.2) is 0 Å². The Hall–Kier alpha value is -1.77. The van der Waals surface area contributed by atoms with E-state index in [1.807, 2.05) is 24.3 Å². The quantitative estimate of drug-likeness (QED) is 0.665. The van der Waals surface area contributed by atoms with Gasteiger partial charge in [0.05, 0.1) is 25.3 Å². The molecule has 0 saturated carbocycles. The second-order valence-corrected chi connectivity index (χ2v) is 6.10. The molecule has 0 bridgehead atoms. The molecule has 28 heavy (non-hydrogen) atoms. The van der Waals surface area contributed by atoms with Gasteiger partial charge < -0.3 is 24.9 Å². The molecule has 0 spiro atoms. The van der Waals surface area contributed by atoms with Crippen LogP contribution in [0.25, 0.3) is 0 Å². The molecule has 2 aromatic rings. The van der Waals surface area contributed by atoms with Crippen LogP contribution in [0.3, 0.4) is 0 Å². The van der Waals surface area contributed by atoms with Crippen molar-refractivity contribution in [3.8, 4) is 5.75 Å². The van der Waals surface area contributed by atoms with Gasteiger partial charge in [-0.1, -0.05) is 18.2 Å². The molecule has 1 saturated heterocycles. The number of furan rings is 1. The molecular formula is C19H27Cl2N3O4. The summed E-state index contributed by atoms with van der Waals surface area (Å²) in [5.74, 6) is 1.18. The SMILES string of the molecule is Cl.Cl.NCc1cc(C(=O)NCc2ccccc2OCCN2CCOCC2)co1.